The molecule has 5 nitrogen and oxygen atoms in total. The van der Waals surface area contributed by atoms with E-state index in [9.17, 15) is 0 Å². The van der Waals surface area contributed by atoms with Crippen molar-refractivity contribution in [2.75, 3.05) is 27.4 Å². The summed E-state index contributed by atoms with van der Waals surface area (Å²) < 4.78 is 17.2. The fraction of sp³-hybridized carbons (Fsp3) is 0.318. The second-order valence-corrected chi connectivity index (χ2v) is 6.83. The third-order valence-corrected chi connectivity index (χ3v) is 4.75. The Kier molecular flexibility index (Phi) is 5.12. The fourth-order valence-electron chi connectivity index (χ4n) is 3.48. The molecule has 0 saturated heterocycles. The van der Waals surface area contributed by atoms with E-state index in [-0.39, 0.29) is 0 Å². The highest BCUT2D eigenvalue weighted by atomic mass is 16.5. The lowest BCUT2D eigenvalue weighted by Crippen LogP contribution is -2.18. The molecule has 0 aliphatic carbocycles. The first-order valence-corrected chi connectivity index (χ1v) is 9.22. The average Bonchev–Trinajstić information content (AvgIpc) is 2.92. The van der Waals surface area contributed by atoms with Crippen molar-refractivity contribution < 1.29 is 14.2 Å². The van der Waals surface area contributed by atoms with Gasteiger partial charge in [0, 0.05) is 42.7 Å². The fourth-order valence-corrected chi connectivity index (χ4v) is 3.48. The molecule has 5 heteroatoms. The molecule has 1 aliphatic heterocycles. The lowest BCUT2D eigenvalue weighted by molar-refractivity contribution is 0.296. The molecule has 0 fully saturated rings. The summed E-state index contributed by atoms with van der Waals surface area (Å²) in [6.07, 6.45) is 2.74. The van der Waals surface area contributed by atoms with Gasteiger partial charge in [0.25, 0.3) is 0 Å². The SMILES string of the molecule is COc1cc2c(cc1CN(C)Cc1cccc3cccnc13)OCCCO2. The van der Waals surface area contributed by atoms with E-state index in [1.165, 1.54) is 5.56 Å². The minimum absolute atomic E-state index is 0.670. The second kappa shape index (κ2) is 7.84. The van der Waals surface area contributed by atoms with Crippen molar-refractivity contribution in [1.82, 2.24) is 9.88 Å². The van der Waals surface area contributed by atoms with Crippen molar-refractivity contribution in [3.63, 3.8) is 0 Å². The molecule has 4 rings (SSSR count). The smallest absolute Gasteiger partial charge is 0.164 e. The summed E-state index contributed by atoms with van der Waals surface area (Å²) >= 11 is 0. The molecule has 0 radical (unpaired) electrons. The Bertz CT molecular complexity index is 937. The molecule has 0 atom stereocenters. The largest absolute Gasteiger partial charge is 0.496 e. The summed E-state index contributed by atoms with van der Waals surface area (Å²) in [5.41, 5.74) is 3.35. The predicted molar refractivity (Wildman–Crippen MR) is 106 cm³/mol. The van der Waals surface area contributed by atoms with Crippen LogP contribution in [0.4, 0.5) is 0 Å². The van der Waals surface area contributed by atoms with Crippen LogP contribution in [0, 0.1) is 0 Å². The van der Waals surface area contributed by atoms with E-state index in [1.54, 1.807) is 7.11 Å². The van der Waals surface area contributed by atoms with E-state index < -0.39 is 0 Å². The van der Waals surface area contributed by atoms with Gasteiger partial charge in [0.15, 0.2) is 11.5 Å². The maximum absolute atomic E-state index is 5.84. The van der Waals surface area contributed by atoms with Crippen molar-refractivity contribution in [3.8, 4) is 17.2 Å². The first-order valence-electron chi connectivity index (χ1n) is 9.22. The molecule has 0 N–H and O–H groups in total. The highest BCUT2D eigenvalue weighted by molar-refractivity contribution is 5.81. The van der Waals surface area contributed by atoms with Crippen LogP contribution in [0.15, 0.2) is 48.7 Å². The van der Waals surface area contributed by atoms with Gasteiger partial charge in [0.2, 0.25) is 0 Å². The van der Waals surface area contributed by atoms with Gasteiger partial charge in [-0.15, -0.1) is 0 Å². The molecular weight excluding hydrogens is 340 g/mol. The highest BCUT2D eigenvalue weighted by Gasteiger charge is 2.17. The Hall–Kier alpha value is -2.79. The minimum Gasteiger partial charge on any atom is -0.496 e. The molecule has 0 bridgehead atoms. The number of ether oxygens (including phenoxy) is 3. The molecule has 0 amide bonds. The lowest BCUT2D eigenvalue weighted by Gasteiger charge is -2.20. The van der Waals surface area contributed by atoms with Crippen LogP contribution < -0.4 is 14.2 Å². The van der Waals surface area contributed by atoms with Crippen molar-refractivity contribution in [2.45, 2.75) is 19.5 Å². The van der Waals surface area contributed by atoms with Gasteiger partial charge < -0.3 is 14.2 Å². The molecule has 1 aliphatic rings. The van der Waals surface area contributed by atoms with Crippen LogP contribution in [-0.4, -0.2) is 37.3 Å². The van der Waals surface area contributed by atoms with E-state index in [0.29, 0.717) is 13.2 Å². The van der Waals surface area contributed by atoms with Crippen LogP contribution in [0.1, 0.15) is 17.5 Å². The summed E-state index contributed by atoms with van der Waals surface area (Å²) in [5, 5.41) is 1.16. The number of aromatic nitrogens is 1. The predicted octanol–water partition coefficient (Wildman–Crippen LogP) is 4.04. The highest BCUT2D eigenvalue weighted by Crippen LogP contribution is 2.37. The summed E-state index contributed by atoms with van der Waals surface area (Å²) in [6, 6.07) is 14.4. The van der Waals surface area contributed by atoms with Crippen LogP contribution in [0.3, 0.4) is 0 Å². The summed E-state index contributed by atoms with van der Waals surface area (Å²) in [4.78, 5) is 6.81. The zero-order valence-electron chi connectivity index (χ0n) is 15.8. The van der Waals surface area contributed by atoms with Crippen LogP contribution >= 0.6 is 0 Å². The average molecular weight is 364 g/mol. The molecule has 0 saturated carbocycles. The molecule has 0 spiro atoms. The standard InChI is InChI=1S/C22H24N2O3/c1-24(14-17-7-3-6-16-8-4-9-23-22(16)17)15-18-12-20-21(13-19(18)25-2)27-11-5-10-26-20/h3-4,6-9,12-13H,5,10-11,14-15H2,1-2H3. The first kappa shape index (κ1) is 17.6. The number of para-hydroxylation sites is 1. The third kappa shape index (κ3) is 3.83. The van der Waals surface area contributed by atoms with Crippen molar-refractivity contribution in [2.24, 2.45) is 0 Å². The number of fused-ring (bicyclic) bond motifs is 2. The molecule has 27 heavy (non-hydrogen) atoms. The van der Waals surface area contributed by atoms with Gasteiger partial charge >= 0.3 is 0 Å². The van der Waals surface area contributed by atoms with Gasteiger partial charge in [-0.3, -0.25) is 9.88 Å². The zero-order valence-corrected chi connectivity index (χ0v) is 15.8. The number of pyridine rings is 1. The number of hydrogen-bond acceptors (Lipinski definition) is 5. The first-order chi connectivity index (χ1) is 13.2. The number of hydrogen-bond donors (Lipinski definition) is 0. The summed E-state index contributed by atoms with van der Waals surface area (Å²) in [6.45, 7) is 2.88. The molecule has 2 aromatic carbocycles. The molecular formula is C22H24N2O3. The maximum Gasteiger partial charge on any atom is 0.164 e. The van der Waals surface area contributed by atoms with Gasteiger partial charge in [-0.25, -0.2) is 0 Å². The lowest BCUT2D eigenvalue weighted by atomic mass is 10.1. The van der Waals surface area contributed by atoms with Crippen LogP contribution in [0.5, 0.6) is 17.2 Å². The van der Waals surface area contributed by atoms with Crippen molar-refractivity contribution in [1.29, 1.82) is 0 Å². The van der Waals surface area contributed by atoms with E-state index in [0.717, 1.165) is 53.2 Å². The topological polar surface area (TPSA) is 43.8 Å². The molecule has 140 valence electrons. The number of benzene rings is 2. The van der Waals surface area contributed by atoms with E-state index in [4.69, 9.17) is 14.2 Å². The quantitative estimate of drug-likeness (QED) is 0.684. The Morgan fingerprint density at radius 1 is 1.00 bits per heavy atom. The van der Waals surface area contributed by atoms with Crippen LogP contribution in [0.2, 0.25) is 0 Å². The van der Waals surface area contributed by atoms with E-state index in [1.807, 2.05) is 24.4 Å². The van der Waals surface area contributed by atoms with Crippen molar-refractivity contribution >= 4 is 10.9 Å². The second-order valence-electron chi connectivity index (χ2n) is 6.83. The normalized spacial score (nSPS) is 13.6. The van der Waals surface area contributed by atoms with Gasteiger partial charge in [-0.2, -0.15) is 0 Å². The van der Waals surface area contributed by atoms with Gasteiger partial charge in [0.1, 0.15) is 5.75 Å². The number of rotatable bonds is 5. The maximum atomic E-state index is 5.84. The Balaban J connectivity index is 1.57. The van der Waals surface area contributed by atoms with Gasteiger partial charge in [-0.05, 0) is 24.7 Å². The third-order valence-electron chi connectivity index (χ3n) is 4.75. The van der Waals surface area contributed by atoms with Gasteiger partial charge in [0.05, 0.1) is 25.8 Å². The summed E-state index contributed by atoms with van der Waals surface area (Å²) in [5.74, 6) is 2.37. The van der Waals surface area contributed by atoms with Gasteiger partial charge in [-0.1, -0.05) is 24.3 Å². The Morgan fingerprint density at radius 2 is 1.74 bits per heavy atom. The monoisotopic (exact) mass is 364 g/mol. The van der Waals surface area contributed by atoms with Crippen molar-refractivity contribution in [3.05, 3.63) is 59.8 Å². The molecule has 0 unspecified atom stereocenters. The molecule has 2 heterocycles. The minimum atomic E-state index is 0.670. The Labute approximate surface area is 159 Å². The van der Waals surface area contributed by atoms with E-state index >= 15 is 0 Å². The molecule has 3 aromatic rings. The zero-order chi connectivity index (χ0) is 18.6. The Morgan fingerprint density at radius 3 is 2.56 bits per heavy atom. The summed E-state index contributed by atoms with van der Waals surface area (Å²) in [7, 11) is 3.79. The number of methoxy groups -OCH3 is 1. The van der Waals surface area contributed by atoms with Crippen LogP contribution in [0.25, 0.3) is 10.9 Å². The number of nitrogens with zero attached hydrogens (tertiary/aromatic N) is 2. The molecule has 1 aromatic heterocycles. The van der Waals surface area contributed by atoms with E-state index in [2.05, 4.69) is 41.2 Å². The van der Waals surface area contributed by atoms with Crippen LogP contribution in [-0.2, 0) is 13.1 Å².